The van der Waals surface area contributed by atoms with Crippen molar-refractivity contribution in [2.75, 3.05) is 23.8 Å². The molecule has 0 spiro atoms. The molecule has 2 atom stereocenters. The van der Waals surface area contributed by atoms with Crippen LogP contribution in [0.4, 0.5) is 15.8 Å². The van der Waals surface area contributed by atoms with Crippen LogP contribution in [0.5, 0.6) is 5.75 Å². The van der Waals surface area contributed by atoms with Gasteiger partial charge in [-0.2, -0.15) is 0 Å². The molecule has 116 valence electrons. The Bertz CT molecular complexity index is 521. The number of nitrogen functional groups attached to an aromatic ring is 1. The van der Waals surface area contributed by atoms with Crippen molar-refractivity contribution >= 4 is 11.4 Å². The van der Waals surface area contributed by atoms with E-state index in [1.165, 1.54) is 12.5 Å². The van der Waals surface area contributed by atoms with Gasteiger partial charge in [0.2, 0.25) is 0 Å². The molecule has 2 fully saturated rings. The number of halogens is 1. The zero-order valence-corrected chi connectivity index (χ0v) is 12.6. The molecule has 1 heterocycles. The maximum atomic E-state index is 14.0. The Morgan fingerprint density at radius 2 is 2.19 bits per heavy atom. The van der Waals surface area contributed by atoms with Crippen molar-refractivity contribution in [1.29, 1.82) is 0 Å². The Labute approximate surface area is 125 Å². The lowest BCUT2D eigenvalue weighted by molar-refractivity contribution is 0.0256. The van der Waals surface area contributed by atoms with Gasteiger partial charge in [0, 0.05) is 18.7 Å². The van der Waals surface area contributed by atoms with Gasteiger partial charge in [-0.25, -0.2) is 4.39 Å². The molecule has 1 aliphatic carbocycles. The molecule has 4 nitrogen and oxygen atoms in total. The lowest BCUT2D eigenvalue weighted by Crippen LogP contribution is -2.48. The van der Waals surface area contributed by atoms with Gasteiger partial charge >= 0.3 is 0 Å². The van der Waals surface area contributed by atoms with E-state index in [0.717, 1.165) is 25.1 Å². The minimum atomic E-state index is -0.402. The van der Waals surface area contributed by atoms with Crippen LogP contribution in [0.1, 0.15) is 33.1 Å². The molecule has 1 saturated heterocycles. The third-order valence-corrected chi connectivity index (χ3v) is 4.24. The Kier molecular flexibility index (Phi) is 3.93. The summed E-state index contributed by atoms with van der Waals surface area (Å²) in [5, 5.41) is 0. The molecular weight excluding hydrogens is 271 g/mol. The molecule has 1 aliphatic heterocycles. The number of anilines is 2. The molecule has 0 bridgehead atoms. The van der Waals surface area contributed by atoms with Crippen LogP contribution in [-0.4, -0.2) is 31.4 Å². The Morgan fingerprint density at radius 1 is 1.38 bits per heavy atom. The molecular formula is C16H23FN2O2. The highest BCUT2D eigenvalue weighted by molar-refractivity contribution is 5.70. The monoisotopic (exact) mass is 294 g/mol. The van der Waals surface area contributed by atoms with E-state index in [1.54, 1.807) is 6.07 Å². The van der Waals surface area contributed by atoms with Crippen LogP contribution >= 0.6 is 0 Å². The van der Waals surface area contributed by atoms with E-state index in [0.29, 0.717) is 18.3 Å². The van der Waals surface area contributed by atoms with Crippen molar-refractivity contribution < 1.29 is 13.9 Å². The molecule has 0 radical (unpaired) electrons. The van der Waals surface area contributed by atoms with Crippen molar-refractivity contribution in [2.45, 2.75) is 51.4 Å². The number of nitrogens with two attached hydrogens (primary N) is 1. The zero-order valence-electron chi connectivity index (χ0n) is 12.6. The van der Waals surface area contributed by atoms with Crippen molar-refractivity contribution in [3.63, 3.8) is 0 Å². The first-order chi connectivity index (χ1) is 10.1. The summed E-state index contributed by atoms with van der Waals surface area (Å²) in [7, 11) is 0. The minimum Gasteiger partial charge on any atom is -0.488 e. The molecule has 3 rings (SSSR count). The second-order valence-electron chi connectivity index (χ2n) is 6.11. The second kappa shape index (κ2) is 5.72. The number of nitrogens with zero attached hydrogens (tertiary/aromatic N) is 1. The molecule has 2 unspecified atom stereocenters. The summed E-state index contributed by atoms with van der Waals surface area (Å²) >= 11 is 0. The molecule has 1 saturated carbocycles. The summed E-state index contributed by atoms with van der Waals surface area (Å²) in [6, 6.07) is 3.45. The van der Waals surface area contributed by atoms with Crippen LogP contribution in [0.25, 0.3) is 0 Å². The molecule has 21 heavy (non-hydrogen) atoms. The summed E-state index contributed by atoms with van der Waals surface area (Å²) in [6.45, 7) is 5.25. The fourth-order valence-electron chi connectivity index (χ4n) is 3.38. The maximum Gasteiger partial charge on any atom is 0.167 e. The Hall–Kier alpha value is -1.49. The van der Waals surface area contributed by atoms with Gasteiger partial charge in [-0.3, -0.25) is 0 Å². The lowest BCUT2D eigenvalue weighted by Gasteiger charge is -2.40. The van der Waals surface area contributed by atoms with Gasteiger partial charge in [0.25, 0.3) is 0 Å². The summed E-state index contributed by atoms with van der Waals surface area (Å²) < 4.78 is 25.4. The van der Waals surface area contributed by atoms with Gasteiger partial charge in [0.1, 0.15) is 0 Å². The van der Waals surface area contributed by atoms with Gasteiger partial charge < -0.3 is 20.1 Å². The van der Waals surface area contributed by atoms with E-state index in [2.05, 4.69) is 4.90 Å². The number of benzene rings is 1. The fourth-order valence-corrected chi connectivity index (χ4v) is 3.38. The van der Waals surface area contributed by atoms with Crippen LogP contribution in [0, 0.1) is 5.82 Å². The predicted octanol–water partition coefficient (Wildman–Crippen LogP) is 2.95. The molecule has 2 N–H and O–H groups in total. The van der Waals surface area contributed by atoms with Crippen molar-refractivity contribution in [2.24, 2.45) is 0 Å². The molecule has 1 aromatic rings. The standard InChI is InChI=1S/C16H23FN2O2/c1-10(2)21-16-9-14(12(18)8-11(16)17)19-6-7-20-15-5-3-4-13(15)19/h8-10,13,15H,3-7,18H2,1-2H3. The van der Waals surface area contributed by atoms with Crippen LogP contribution in [-0.2, 0) is 4.74 Å². The number of fused-ring (bicyclic) bond motifs is 1. The third-order valence-electron chi connectivity index (χ3n) is 4.24. The first-order valence-corrected chi connectivity index (χ1v) is 7.70. The molecule has 0 aromatic heterocycles. The zero-order chi connectivity index (χ0) is 15.0. The van der Waals surface area contributed by atoms with Gasteiger partial charge in [-0.1, -0.05) is 0 Å². The van der Waals surface area contributed by atoms with E-state index < -0.39 is 5.82 Å². The average molecular weight is 294 g/mol. The van der Waals surface area contributed by atoms with Crippen molar-refractivity contribution in [3.05, 3.63) is 17.9 Å². The fraction of sp³-hybridized carbons (Fsp3) is 0.625. The minimum absolute atomic E-state index is 0.0695. The van der Waals surface area contributed by atoms with Crippen LogP contribution < -0.4 is 15.4 Å². The first-order valence-electron chi connectivity index (χ1n) is 7.70. The van der Waals surface area contributed by atoms with Crippen LogP contribution in [0.3, 0.4) is 0 Å². The quantitative estimate of drug-likeness (QED) is 0.871. The highest BCUT2D eigenvalue weighted by Gasteiger charge is 2.37. The largest absolute Gasteiger partial charge is 0.488 e. The predicted molar refractivity (Wildman–Crippen MR) is 81.3 cm³/mol. The number of hydrogen-bond acceptors (Lipinski definition) is 4. The second-order valence-corrected chi connectivity index (χ2v) is 6.11. The first kappa shape index (κ1) is 14.4. The molecule has 5 heteroatoms. The smallest absolute Gasteiger partial charge is 0.167 e. The topological polar surface area (TPSA) is 47.7 Å². The van der Waals surface area contributed by atoms with Gasteiger partial charge in [-0.05, 0) is 33.1 Å². The van der Waals surface area contributed by atoms with Gasteiger partial charge in [0.15, 0.2) is 11.6 Å². The van der Waals surface area contributed by atoms with E-state index in [4.69, 9.17) is 15.2 Å². The van der Waals surface area contributed by atoms with Gasteiger partial charge in [0.05, 0.1) is 36.2 Å². The van der Waals surface area contributed by atoms with E-state index in [-0.39, 0.29) is 18.0 Å². The van der Waals surface area contributed by atoms with E-state index in [1.807, 2.05) is 13.8 Å². The van der Waals surface area contributed by atoms with E-state index >= 15 is 0 Å². The maximum absolute atomic E-state index is 14.0. The van der Waals surface area contributed by atoms with Crippen LogP contribution in [0.2, 0.25) is 0 Å². The van der Waals surface area contributed by atoms with E-state index in [9.17, 15) is 4.39 Å². The number of hydrogen-bond donors (Lipinski definition) is 1. The molecule has 1 aromatic carbocycles. The van der Waals surface area contributed by atoms with Crippen LogP contribution in [0.15, 0.2) is 12.1 Å². The summed E-state index contributed by atoms with van der Waals surface area (Å²) in [6.07, 6.45) is 3.57. The number of rotatable bonds is 3. The normalized spacial score (nSPS) is 25.2. The highest BCUT2D eigenvalue weighted by Crippen LogP contribution is 2.38. The lowest BCUT2D eigenvalue weighted by atomic mass is 10.1. The summed E-state index contributed by atoms with van der Waals surface area (Å²) in [5.41, 5.74) is 7.39. The van der Waals surface area contributed by atoms with Crippen molar-refractivity contribution in [3.8, 4) is 5.75 Å². The number of morpholine rings is 1. The number of ether oxygens (including phenoxy) is 2. The molecule has 0 amide bonds. The Morgan fingerprint density at radius 3 is 2.95 bits per heavy atom. The highest BCUT2D eigenvalue weighted by atomic mass is 19.1. The average Bonchev–Trinajstić information content (AvgIpc) is 2.90. The summed E-state index contributed by atoms with van der Waals surface area (Å²) in [4.78, 5) is 2.27. The third kappa shape index (κ3) is 2.79. The Balaban J connectivity index is 1.93. The summed E-state index contributed by atoms with van der Waals surface area (Å²) in [5.74, 6) is -0.128. The SMILES string of the molecule is CC(C)Oc1cc(N2CCOC3CCCC32)c(N)cc1F. The van der Waals surface area contributed by atoms with Gasteiger partial charge in [-0.15, -0.1) is 0 Å². The molecule has 2 aliphatic rings. The van der Waals surface area contributed by atoms with Crippen molar-refractivity contribution in [1.82, 2.24) is 0 Å².